The fourth-order valence-corrected chi connectivity index (χ4v) is 10.7. The maximum atomic E-state index is 14.4. The van der Waals surface area contributed by atoms with Gasteiger partial charge in [0.15, 0.2) is 12.6 Å². The first-order valence-corrected chi connectivity index (χ1v) is 23.3. The van der Waals surface area contributed by atoms with Gasteiger partial charge in [0.2, 0.25) is 0 Å². The van der Waals surface area contributed by atoms with Gasteiger partial charge in [0.25, 0.3) is 0 Å². The van der Waals surface area contributed by atoms with E-state index >= 15 is 0 Å². The fourth-order valence-electron chi connectivity index (χ4n) is 9.26. The van der Waals surface area contributed by atoms with Gasteiger partial charge >= 0.3 is 13.6 Å². The van der Waals surface area contributed by atoms with Gasteiger partial charge in [-0.15, -0.1) is 0 Å². The van der Waals surface area contributed by atoms with Crippen LogP contribution in [0.25, 0.3) is 0 Å². The molecule has 0 aromatic rings. The average molecular weight is 884 g/mol. The fraction of sp³-hybridized carbons (Fsp3) is 0.952. The topological polar surface area (TPSA) is 218 Å². The molecule has 0 aromatic heterocycles. The lowest BCUT2D eigenvalue weighted by atomic mass is 9.74. The van der Waals surface area contributed by atoms with E-state index in [1.165, 1.54) is 21.0 Å². The van der Waals surface area contributed by atoms with Gasteiger partial charge in [-0.3, -0.25) is 14.2 Å². The SMILES string of the molecule is CCOP(=O)(CO[C@@]1(C)C[C@@H](C)C(=O)C(C)[C@@H](O)[C@](C)(O)[C@@H](CC)OC(=O)[C@H](C)[C@@H](O[C@H]2C[C@@](C)(OC)[C@@H](O)[C@H](C)O2)[C@H](C)[C@H]1O[C@@H]1O[C@H](C)C[C@H](N(C)C)[C@H]1O)OCC. The lowest BCUT2D eigenvalue weighted by Gasteiger charge is -2.50. The standard InChI is InChI=1S/C42H78NO16P/c1-16-30-42(12,49)35(46)25(6)32(44)23(4)20-41(11,52-22-60(50,53-17-2)54-18-3)37(59-39-33(45)29(43(13)14)19-24(5)55-39)26(7)34(27(8)38(48)57-30)58-31-21-40(10,51-15)36(47)28(9)56-31/h23-31,33-37,39,45-47,49H,16-22H2,1-15H3/t23-,24-,25?,26+,27-,28+,29+,30-,31+,33-,34+,35-,36+,37-,39+,40-,41+,42-/m1/s1. The van der Waals surface area contributed by atoms with E-state index in [0.717, 1.165) is 0 Å². The predicted molar refractivity (Wildman–Crippen MR) is 221 cm³/mol. The van der Waals surface area contributed by atoms with Crippen LogP contribution in [0.15, 0.2) is 0 Å². The zero-order valence-electron chi connectivity index (χ0n) is 38.7. The molecule has 3 aliphatic rings. The molecular weight excluding hydrogens is 805 g/mol. The minimum Gasteiger partial charge on any atom is -0.459 e. The van der Waals surface area contributed by atoms with Gasteiger partial charge in [0.05, 0.1) is 60.9 Å². The number of carbonyl (C=O) groups excluding carboxylic acids is 2. The summed E-state index contributed by atoms with van der Waals surface area (Å²) in [6.45, 7) is 20.0. The van der Waals surface area contributed by atoms with Gasteiger partial charge in [0, 0.05) is 37.3 Å². The number of hydrogen-bond acceptors (Lipinski definition) is 17. The van der Waals surface area contributed by atoms with Crippen molar-refractivity contribution in [1.29, 1.82) is 0 Å². The van der Waals surface area contributed by atoms with Crippen molar-refractivity contribution in [3.63, 3.8) is 0 Å². The Balaban J connectivity index is 2.36. The molecule has 18 atom stereocenters. The van der Waals surface area contributed by atoms with Crippen molar-refractivity contribution in [2.45, 2.75) is 193 Å². The molecule has 0 aliphatic carbocycles. The molecule has 60 heavy (non-hydrogen) atoms. The maximum absolute atomic E-state index is 14.4. The van der Waals surface area contributed by atoms with Gasteiger partial charge in [-0.2, -0.15) is 0 Å². The summed E-state index contributed by atoms with van der Waals surface area (Å²) in [4.78, 5) is 30.7. The Morgan fingerprint density at radius 3 is 1.98 bits per heavy atom. The van der Waals surface area contributed by atoms with Gasteiger partial charge in [0.1, 0.15) is 36.0 Å². The molecule has 3 saturated heterocycles. The molecule has 3 heterocycles. The predicted octanol–water partition coefficient (Wildman–Crippen LogP) is 4.03. The van der Waals surface area contributed by atoms with E-state index in [0.29, 0.717) is 6.42 Å². The lowest BCUT2D eigenvalue weighted by molar-refractivity contribution is -0.320. The van der Waals surface area contributed by atoms with Crippen LogP contribution < -0.4 is 0 Å². The van der Waals surface area contributed by atoms with Crippen LogP contribution in [0.4, 0.5) is 0 Å². The van der Waals surface area contributed by atoms with Crippen LogP contribution in [0.1, 0.15) is 109 Å². The number of hydrogen-bond donors (Lipinski definition) is 4. The van der Waals surface area contributed by atoms with Gasteiger partial charge in [-0.25, -0.2) is 0 Å². The largest absolute Gasteiger partial charge is 0.459 e. The molecule has 352 valence electrons. The Labute approximate surface area is 357 Å². The summed E-state index contributed by atoms with van der Waals surface area (Å²) in [6, 6.07) is -0.381. The van der Waals surface area contributed by atoms with Crippen molar-refractivity contribution in [3.8, 4) is 0 Å². The molecule has 0 aromatic carbocycles. The molecule has 3 rings (SSSR count). The third-order valence-electron chi connectivity index (χ3n) is 13.0. The number of cyclic esters (lactones) is 1. The number of likely N-dealkylation sites (N-methyl/N-ethyl adjacent to an activating group) is 1. The normalized spacial score (nSPS) is 44.4. The Hall–Kier alpha value is -1.15. The highest BCUT2D eigenvalue weighted by Gasteiger charge is 2.55. The van der Waals surface area contributed by atoms with Crippen LogP contribution >= 0.6 is 7.60 Å². The van der Waals surface area contributed by atoms with E-state index in [4.69, 9.17) is 42.2 Å². The first-order chi connectivity index (χ1) is 27.8. The summed E-state index contributed by atoms with van der Waals surface area (Å²) in [7, 11) is 1.26. The zero-order chi connectivity index (χ0) is 45.7. The van der Waals surface area contributed by atoms with Crippen molar-refractivity contribution in [1.82, 2.24) is 4.90 Å². The van der Waals surface area contributed by atoms with Crippen LogP contribution in [0.5, 0.6) is 0 Å². The van der Waals surface area contributed by atoms with Crippen molar-refractivity contribution >= 4 is 19.3 Å². The number of aliphatic hydroxyl groups is 4. The van der Waals surface area contributed by atoms with Crippen molar-refractivity contribution in [2.75, 3.05) is 40.8 Å². The van der Waals surface area contributed by atoms with E-state index in [9.17, 15) is 34.6 Å². The number of aliphatic hydroxyl groups excluding tert-OH is 3. The summed E-state index contributed by atoms with van der Waals surface area (Å²) < 4.78 is 70.0. The van der Waals surface area contributed by atoms with E-state index in [1.807, 2.05) is 25.9 Å². The molecule has 18 heteroatoms. The summed E-state index contributed by atoms with van der Waals surface area (Å²) in [5.74, 6) is -5.28. The zero-order valence-corrected chi connectivity index (χ0v) is 39.6. The number of carbonyl (C=O) groups is 2. The highest BCUT2D eigenvalue weighted by Crippen LogP contribution is 2.51. The highest BCUT2D eigenvalue weighted by molar-refractivity contribution is 7.53. The molecule has 17 nitrogen and oxygen atoms in total. The molecule has 1 unspecified atom stereocenters. The van der Waals surface area contributed by atoms with Crippen LogP contribution in [0.2, 0.25) is 0 Å². The molecule has 4 N–H and O–H groups in total. The molecule has 0 saturated carbocycles. The Kier molecular flexibility index (Phi) is 19.2. The Morgan fingerprint density at radius 2 is 1.45 bits per heavy atom. The number of ketones is 1. The second-order valence-corrected chi connectivity index (χ2v) is 20.1. The summed E-state index contributed by atoms with van der Waals surface area (Å²) in [5.41, 5.74) is -4.77. The number of rotatable bonds is 14. The Bertz CT molecular complexity index is 1430. The van der Waals surface area contributed by atoms with Gasteiger partial charge in [-0.05, 0) is 88.7 Å². The van der Waals surface area contributed by atoms with Gasteiger partial charge in [-0.1, -0.05) is 27.7 Å². The third-order valence-corrected chi connectivity index (χ3v) is 14.8. The highest BCUT2D eigenvalue weighted by atomic mass is 31.2. The van der Waals surface area contributed by atoms with Crippen LogP contribution in [0.3, 0.4) is 0 Å². The number of ether oxygens (including phenoxy) is 7. The van der Waals surface area contributed by atoms with Crippen LogP contribution in [-0.4, -0.2) is 162 Å². The second kappa shape index (κ2) is 21.7. The van der Waals surface area contributed by atoms with E-state index in [1.54, 1.807) is 62.3 Å². The number of Topliss-reactive ketones (excluding diaryl/α,β-unsaturated/α-hetero) is 1. The average Bonchev–Trinajstić information content (AvgIpc) is 3.18. The summed E-state index contributed by atoms with van der Waals surface area (Å²) in [5, 5.41) is 46.3. The molecule has 3 aliphatic heterocycles. The van der Waals surface area contributed by atoms with E-state index in [2.05, 4.69) is 0 Å². The molecule has 0 amide bonds. The van der Waals surface area contributed by atoms with Crippen LogP contribution in [0, 0.1) is 23.7 Å². The third kappa shape index (κ3) is 12.1. The summed E-state index contributed by atoms with van der Waals surface area (Å²) in [6.07, 6.45) is -10.9. The second-order valence-electron chi connectivity index (χ2n) is 18.1. The summed E-state index contributed by atoms with van der Waals surface area (Å²) >= 11 is 0. The molecule has 0 spiro atoms. The molecular formula is C42H78NO16P. The molecule has 0 radical (unpaired) electrons. The first kappa shape index (κ1) is 53.2. The minimum atomic E-state index is -3.90. The molecule has 0 bridgehead atoms. The number of methoxy groups -OCH3 is 1. The smallest absolute Gasteiger partial charge is 0.356 e. The lowest BCUT2D eigenvalue weighted by Crippen LogP contribution is -2.61. The van der Waals surface area contributed by atoms with Crippen molar-refractivity contribution in [2.24, 2.45) is 23.7 Å². The molecule has 3 fully saturated rings. The Morgan fingerprint density at radius 1 is 0.850 bits per heavy atom. The quantitative estimate of drug-likeness (QED) is 0.143. The van der Waals surface area contributed by atoms with Crippen molar-refractivity contribution in [3.05, 3.63) is 0 Å². The minimum absolute atomic E-state index is 0.0486. The van der Waals surface area contributed by atoms with Crippen molar-refractivity contribution < 1.29 is 76.8 Å². The number of nitrogens with zero attached hydrogens (tertiary/aromatic N) is 1. The first-order valence-electron chi connectivity index (χ1n) is 21.6. The monoisotopic (exact) mass is 884 g/mol. The van der Waals surface area contributed by atoms with E-state index < -0.39 is 121 Å². The van der Waals surface area contributed by atoms with Crippen LogP contribution in [-0.2, 0) is 56.4 Å². The van der Waals surface area contributed by atoms with Gasteiger partial charge < -0.3 is 67.5 Å². The number of esters is 1. The van der Waals surface area contributed by atoms with E-state index in [-0.39, 0.29) is 44.6 Å². The maximum Gasteiger partial charge on any atom is 0.356 e.